The summed E-state index contributed by atoms with van der Waals surface area (Å²) < 4.78 is 3.15. The third-order valence-corrected chi connectivity index (χ3v) is 4.44. The molecule has 0 bridgehead atoms. The average Bonchev–Trinajstić information content (AvgIpc) is 3.25. The zero-order valence-electron chi connectivity index (χ0n) is 13.8. The van der Waals surface area contributed by atoms with Crippen LogP contribution in [0.5, 0.6) is 0 Å². The van der Waals surface area contributed by atoms with Crippen molar-refractivity contribution < 1.29 is 14.7 Å². The molecule has 130 valence electrons. The van der Waals surface area contributed by atoms with E-state index in [9.17, 15) is 9.59 Å². The number of amides is 1. The Kier molecular flexibility index (Phi) is 4.36. The Morgan fingerprint density at radius 2 is 2.16 bits per heavy atom. The molecule has 0 aliphatic heterocycles. The average molecular weight is 360 g/mol. The zero-order valence-corrected chi connectivity index (χ0v) is 14.7. The van der Waals surface area contributed by atoms with Gasteiger partial charge in [-0.15, -0.1) is 11.3 Å². The van der Waals surface area contributed by atoms with Gasteiger partial charge in [0.25, 0.3) is 5.91 Å². The highest BCUT2D eigenvalue weighted by molar-refractivity contribution is 7.14. The molecule has 1 amide bonds. The van der Waals surface area contributed by atoms with Gasteiger partial charge in [0.1, 0.15) is 0 Å². The van der Waals surface area contributed by atoms with Gasteiger partial charge in [0, 0.05) is 36.4 Å². The number of aryl methyl sites for hydroxylation is 2. The van der Waals surface area contributed by atoms with Gasteiger partial charge in [-0.2, -0.15) is 10.2 Å². The van der Waals surface area contributed by atoms with Crippen LogP contribution in [0.4, 0.5) is 5.13 Å². The number of carbonyl (C=O) groups is 2. The summed E-state index contributed by atoms with van der Waals surface area (Å²) in [6.45, 7) is 4.72. The van der Waals surface area contributed by atoms with Gasteiger partial charge in [0.05, 0.1) is 17.5 Å². The van der Waals surface area contributed by atoms with Gasteiger partial charge in [-0.25, -0.2) is 9.78 Å². The van der Waals surface area contributed by atoms with Crippen molar-refractivity contribution in [1.29, 1.82) is 0 Å². The van der Waals surface area contributed by atoms with E-state index >= 15 is 0 Å². The second-order valence-electron chi connectivity index (χ2n) is 5.32. The van der Waals surface area contributed by atoms with Crippen LogP contribution in [-0.4, -0.2) is 41.5 Å². The van der Waals surface area contributed by atoms with Crippen LogP contribution < -0.4 is 5.32 Å². The van der Waals surface area contributed by atoms with Gasteiger partial charge < -0.3 is 5.11 Å². The summed E-state index contributed by atoms with van der Waals surface area (Å²) in [5.41, 5.74) is 2.29. The first-order valence-electron chi connectivity index (χ1n) is 7.47. The number of carboxylic acids is 1. The van der Waals surface area contributed by atoms with Crippen molar-refractivity contribution in [3.8, 4) is 11.3 Å². The predicted molar refractivity (Wildman–Crippen MR) is 91.9 cm³/mol. The molecule has 0 saturated carbocycles. The Morgan fingerprint density at radius 3 is 2.80 bits per heavy atom. The van der Waals surface area contributed by atoms with Crippen LogP contribution in [0.15, 0.2) is 17.8 Å². The summed E-state index contributed by atoms with van der Waals surface area (Å²) in [6, 6.07) is 0. The summed E-state index contributed by atoms with van der Waals surface area (Å²) in [6.07, 6.45) is 3.10. The molecule has 0 fully saturated rings. The molecule has 3 aromatic heterocycles. The molecular weight excluding hydrogens is 344 g/mol. The Balaban J connectivity index is 1.83. The Bertz CT molecular complexity index is 955. The minimum absolute atomic E-state index is 0.0123. The van der Waals surface area contributed by atoms with Crippen molar-refractivity contribution in [2.24, 2.45) is 7.05 Å². The number of hydrogen-bond acceptors (Lipinski definition) is 6. The van der Waals surface area contributed by atoms with Crippen molar-refractivity contribution in [2.75, 3.05) is 5.32 Å². The van der Waals surface area contributed by atoms with E-state index in [2.05, 4.69) is 20.5 Å². The molecule has 0 spiro atoms. The van der Waals surface area contributed by atoms with E-state index in [-0.39, 0.29) is 11.3 Å². The predicted octanol–water partition coefficient (Wildman–Crippen LogP) is 2.02. The second-order valence-corrected chi connectivity index (χ2v) is 6.18. The summed E-state index contributed by atoms with van der Waals surface area (Å²) in [5, 5.41) is 22.0. The molecule has 25 heavy (non-hydrogen) atoms. The highest BCUT2D eigenvalue weighted by Gasteiger charge is 2.22. The number of aromatic carboxylic acids is 1. The summed E-state index contributed by atoms with van der Waals surface area (Å²) in [5.74, 6) is -1.82. The van der Waals surface area contributed by atoms with E-state index in [1.165, 1.54) is 22.2 Å². The molecule has 0 atom stereocenters. The van der Waals surface area contributed by atoms with E-state index in [0.29, 0.717) is 10.8 Å². The van der Waals surface area contributed by atoms with Crippen molar-refractivity contribution >= 4 is 28.3 Å². The minimum atomic E-state index is -1.26. The highest BCUT2D eigenvalue weighted by atomic mass is 32.1. The third-order valence-electron chi connectivity index (χ3n) is 3.68. The van der Waals surface area contributed by atoms with E-state index in [1.807, 2.05) is 23.9 Å². The number of aromatic nitrogens is 5. The number of anilines is 1. The van der Waals surface area contributed by atoms with Crippen LogP contribution in [0.1, 0.15) is 33.5 Å². The number of rotatable bonds is 5. The van der Waals surface area contributed by atoms with Gasteiger partial charge in [-0.1, -0.05) is 0 Å². The van der Waals surface area contributed by atoms with Crippen LogP contribution >= 0.6 is 11.3 Å². The van der Waals surface area contributed by atoms with Gasteiger partial charge in [-0.3, -0.25) is 19.5 Å². The first-order chi connectivity index (χ1) is 11.9. The van der Waals surface area contributed by atoms with Crippen LogP contribution in [0, 0.1) is 6.92 Å². The third kappa shape index (κ3) is 3.15. The van der Waals surface area contributed by atoms with Crippen molar-refractivity contribution in [1.82, 2.24) is 24.5 Å². The Hall–Kier alpha value is -3.01. The fourth-order valence-electron chi connectivity index (χ4n) is 2.45. The van der Waals surface area contributed by atoms with Crippen molar-refractivity contribution in [3.63, 3.8) is 0 Å². The SMILES string of the molecule is CCn1ncc(-c2csc(NC(=O)c3cn(C)nc3C(=O)O)n2)c1C. The molecule has 3 aromatic rings. The number of nitrogens with one attached hydrogen (secondary N) is 1. The lowest BCUT2D eigenvalue weighted by Gasteiger charge is -2.00. The Labute approximate surface area is 146 Å². The topological polar surface area (TPSA) is 115 Å². The molecule has 9 nitrogen and oxygen atoms in total. The molecule has 0 aromatic carbocycles. The minimum Gasteiger partial charge on any atom is -0.476 e. The normalized spacial score (nSPS) is 10.8. The molecule has 2 N–H and O–H groups in total. The van der Waals surface area contributed by atoms with Gasteiger partial charge in [0.15, 0.2) is 10.8 Å². The molecule has 0 saturated heterocycles. The molecule has 3 heterocycles. The van der Waals surface area contributed by atoms with Gasteiger partial charge >= 0.3 is 5.97 Å². The fourth-order valence-corrected chi connectivity index (χ4v) is 3.15. The molecule has 0 radical (unpaired) electrons. The van der Waals surface area contributed by atoms with Gasteiger partial charge in [0.2, 0.25) is 0 Å². The largest absolute Gasteiger partial charge is 0.476 e. The smallest absolute Gasteiger partial charge is 0.357 e. The maximum absolute atomic E-state index is 12.3. The number of carbonyl (C=O) groups excluding carboxylic acids is 1. The number of thiazole rings is 1. The molecule has 0 aliphatic carbocycles. The summed E-state index contributed by atoms with van der Waals surface area (Å²) >= 11 is 1.26. The molecule has 0 aliphatic rings. The number of hydrogen-bond donors (Lipinski definition) is 2. The standard InChI is InChI=1S/C15H16N6O3S/c1-4-21-8(2)9(5-16-21)11-7-25-15(17-11)18-13(22)10-6-20(3)19-12(10)14(23)24/h5-7H,4H2,1-3H3,(H,23,24)(H,17,18,22). The summed E-state index contributed by atoms with van der Waals surface area (Å²) in [4.78, 5) is 27.9. The summed E-state index contributed by atoms with van der Waals surface area (Å²) in [7, 11) is 1.55. The Morgan fingerprint density at radius 1 is 1.40 bits per heavy atom. The fraction of sp³-hybridized carbons (Fsp3) is 0.267. The van der Waals surface area contributed by atoms with Crippen LogP contribution in [0.2, 0.25) is 0 Å². The molecular formula is C15H16N6O3S. The molecule has 3 rings (SSSR count). The van der Waals surface area contributed by atoms with Crippen molar-refractivity contribution in [3.05, 3.63) is 34.7 Å². The zero-order chi connectivity index (χ0) is 18.1. The van der Waals surface area contributed by atoms with Gasteiger partial charge in [-0.05, 0) is 13.8 Å². The van der Waals surface area contributed by atoms with Crippen LogP contribution in [0.25, 0.3) is 11.3 Å². The monoisotopic (exact) mass is 360 g/mol. The van der Waals surface area contributed by atoms with Crippen molar-refractivity contribution in [2.45, 2.75) is 20.4 Å². The quantitative estimate of drug-likeness (QED) is 0.719. The first kappa shape index (κ1) is 16.8. The lowest BCUT2D eigenvalue weighted by molar-refractivity contribution is 0.0685. The van der Waals surface area contributed by atoms with Crippen LogP contribution in [-0.2, 0) is 13.6 Å². The molecule has 10 heteroatoms. The second kappa shape index (κ2) is 6.48. The first-order valence-corrected chi connectivity index (χ1v) is 8.35. The maximum Gasteiger partial charge on any atom is 0.357 e. The lowest BCUT2D eigenvalue weighted by atomic mass is 10.2. The maximum atomic E-state index is 12.3. The number of nitrogens with zero attached hydrogens (tertiary/aromatic N) is 5. The lowest BCUT2D eigenvalue weighted by Crippen LogP contribution is -2.15. The van der Waals surface area contributed by atoms with Crippen LogP contribution in [0.3, 0.4) is 0 Å². The van der Waals surface area contributed by atoms with E-state index in [4.69, 9.17) is 5.11 Å². The van der Waals surface area contributed by atoms with E-state index in [1.54, 1.807) is 13.2 Å². The number of carboxylic acid groups (broad SMARTS) is 1. The van der Waals surface area contributed by atoms with E-state index < -0.39 is 11.9 Å². The highest BCUT2D eigenvalue weighted by Crippen LogP contribution is 2.27. The van der Waals surface area contributed by atoms with E-state index in [0.717, 1.165) is 17.8 Å². The molecule has 0 unspecified atom stereocenters.